The van der Waals surface area contributed by atoms with Crippen molar-refractivity contribution in [3.8, 4) is 0 Å². The highest BCUT2D eigenvalue weighted by Crippen LogP contribution is 2.19. The van der Waals surface area contributed by atoms with Crippen LogP contribution in [0.5, 0.6) is 0 Å². The molecule has 0 amide bonds. The molecule has 18 heavy (non-hydrogen) atoms. The monoisotopic (exact) mass is 250 g/mol. The van der Waals surface area contributed by atoms with E-state index in [2.05, 4.69) is 0 Å². The summed E-state index contributed by atoms with van der Waals surface area (Å²) in [7, 11) is 0. The number of aliphatic hydroxyl groups is 1. The van der Waals surface area contributed by atoms with Crippen molar-refractivity contribution < 1.29 is 15.0 Å². The number of aliphatic carboxylic acids is 1. The van der Waals surface area contributed by atoms with Gasteiger partial charge in [0, 0.05) is 0 Å². The summed E-state index contributed by atoms with van der Waals surface area (Å²) in [6.45, 7) is 5.68. The molecular formula is C15H22O3. The molecule has 3 atom stereocenters. The van der Waals surface area contributed by atoms with E-state index in [0.717, 1.165) is 24.0 Å². The number of hydrogen-bond donors (Lipinski definition) is 2. The van der Waals surface area contributed by atoms with E-state index < -0.39 is 11.9 Å². The molecule has 2 N–H and O–H groups in total. The molecule has 1 rings (SSSR count). The molecule has 0 aliphatic rings. The second-order valence-corrected chi connectivity index (χ2v) is 4.96. The summed E-state index contributed by atoms with van der Waals surface area (Å²) in [6, 6.07) is 7.62. The first-order valence-electron chi connectivity index (χ1n) is 6.45. The average molecular weight is 250 g/mol. The molecular weight excluding hydrogens is 228 g/mol. The smallest absolute Gasteiger partial charge is 0.310 e. The van der Waals surface area contributed by atoms with Crippen molar-refractivity contribution in [2.24, 2.45) is 5.92 Å². The van der Waals surface area contributed by atoms with Crippen molar-refractivity contribution >= 4 is 5.97 Å². The summed E-state index contributed by atoms with van der Waals surface area (Å²) < 4.78 is 0. The van der Waals surface area contributed by atoms with Gasteiger partial charge in [-0.2, -0.15) is 0 Å². The first kappa shape index (κ1) is 14.7. The van der Waals surface area contributed by atoms with Crippen LogP contribution in [-0.4, -0.2) is 22.3 Å². The summed E-state index contributed by atoms with van der Waals surface area (Å²) in [6.07, 6.45) is 1.30. The van der Waals surface area contributed by atoms with Crippen LogP contribution in [0.2, 0.25) is 0 Å². The minimum Gasteiger partial charge on any atom is -0.481 e. The topological polar surface area (TPSA) is 57.5 Å². The van der Waals surface area contributed by atoms with Gasteiger partial charge in [-0.3, -0.25) is 4.79 Å². The highest BCUT2D eigenvalue weighted by molar-refractivity contribution is 5.75. The largest absolute Gasteiger partial charge is 0.481 e. The molecule has 0 bridgehead atoms. The van der Waals surface area contributed by atoms with Gasteiger partial charge >= 0.3 is 5.97 Å². The Labute approximate surface area is 108 Å². The van der Waals surface area contributed by atoms with Crippen molar-refractivity contribution in [3.05, 3.63) is 35.4 Å². The second kappa shape index (κ2) is 6.55. The van der Waals surface area contributed by atoms with Crippen LogP contribution in [-0.2, 0) is 11.2 Å². The lowest BCUT2D eigenvalue weighted by Crippen LogP contribution is -2.18. The Kier molecular flexibility index (Phi) is 5.35. The summed E-state index contributed by atoms with van der Waals surface area (Å²) in [5.74, 6) is -1.06. The summed E-state index contributed by atoms with van der Waals surface area (Å²) in [5, 5.41) is 18.6. The van der Waals surface area contributed by atoms with E-state index in [1.165, 1.54) is 0 Å². The maximum absolute atomic E-state index is 10.9. The molecule has 1 aromatic carbocycles. The van der Waals surface area contributed by atoms with Gasteiger partial charge in [0.25, 0.3) is 0 Å². The van der Waals surface area contributed by atoms with Gasteiger partial charge in [-0.05, 0) is 36.8 Å². The summed E-state index contributed by atoms with van der Waals surface area (Å²) >= 11 is 0. The first-order valence-corrected chi connectivity index (χ1v) is 6.45. The molecule has 3 unspecified atom stereocenters. The summed E-state index contributed by atoms with van der Waals surface area (Å²) in [5.41, 5.74) is 1.95. The van der Waals surface area contributed by atoms with E-state index in [4.69, 9.17) is 5.11 Å². The molecule has 0 saturated heterocycles. The van der Waals surface area contributed by atoms with E-state index in [0.29, 0.717) is 0 Å². The lowest BCUT2D eigenvalue weighted by atomic mass is 9.92. The fraction of sp³-hybridized carbons (Fsp3) is 0.533. The molecule has 100 valence electrons. The Morgan fingerprint density at radius 3 is 2.22 bits per heavy atom. The van der Waals surface area contributed by atoms with E-state index in [1.807, 2.05) is 38.1 Å². The highest BCUT2D eigenvalue weighted by atomic mass is 16.4. The molecule has 3 nitrogen and oxygen atoms in total. The van der Waals surface area contributed by atoms with Crippen molar-refractivity contribution in [1.82, 2.24) is 0 Å². The minimum absolute atomic E-state index is 0.220. The Bertz CT molecular complexity index is 383. The number of aliphatic hydroxyl groups excluding tert-OH is 1. The third kappa shape index (κ3) is 3.84. The van der Waals surface area contributed by atoms with Gasteiger partial charge in [-0.1, -0.05) is 38.1 Å². The van der Waals surface area contributed by atoms with Crippen LogP contribution in [0.1, 0.15) is 44.2 Å². The van der Waals surface area contributed by atoms with Crippen molar-refractivity contribution in [1.29, 1.82) is 0 Å². The Hall–Kier alpha value is -1.35. The van der Waals surface area contributed by atoms with Crippen LogP contribution in [0, 0.1) is 5.92 Å². The van der Waals surface area contributed by atoms with Crippen LogP contribution in [0.3, 0.4) is 0 Å². The molecule has 0 heterocycles. The summed E-state index contributed by atoms with van der Waals surface area (Å²) in [4.78, 5) is 10.9. The predicted molar refractivity (Wildman–Crippen MR) is 71.7 cm³/mol. The molecule has 3 heteroatoms. The molecule has 0 spiro atoms. The van der Waals surface area contributed by atoms with Gasteiger partial charge in [0.1, 0.15) is 0 Å². The number of carboxylic acids is 1. The third-order valence-electron chi connectivity index (χ3n) is 3.48. The van der Waals surface area contributed by atoms with E-state index in [9.17, 15) is 9.90 Å². The quantitative estimate of drug-likeness (QED) is 0.816. The fourth-order valence-corrected chi connectivity index (χ4v) is 2.00. The number of rotatable bonds is 6. The molecule has 0 radical (unpaired) electrons. The minimum atomic E-state index is -0.808. The zero-order valence-electron chi connectivity index (χ0n) is 11.3. The number of carbonyl (C=O) groups is 1. The van der Waals surface area contributed by atoms with Gasteiger partial charge in [0.05, 0.1) is 12.0 Å². The Morgan fingerprint density at radius 2 is 1.78 bits per heavy atom. The predicted octanol–water partition coefficient (Wildman–Crippen LogP) is 2.82. The second-order valence-electron chi connectivity index (χ2n) is 4.96. The molecule has 0 fully saturated rings. The molecule has 0 saturated carbocycles. The Balaban J connectivity index is 2.69. The average Bonchev–Trinajstić information content (AvgIpc) is 2.37. The van der Waals surface area contributed by atoms with Crippen molar-refractivity contribution in [2.75, 3.05) is 0 Å². The van der Waals surface area contributed by atoms with Crippen LogP contribution >= 0.6 is 0 Å². The standard InChI is InChI=1S/C15H22O3/c1-4-14(16)10(2)9-12-5-7-13(8-6-12)11(3)15(17)18/h5-8,10-11,14,16H,4,9H2,1-3H3,(H,17,18). The first-order chi connectivity index (χ1) is 8.45. The van der Waals surface area contributed by atoms with E-state index in [1.54, 1.807) is 6.92 Å². The van der Waals surface area contributed by atoms with Crippen LogP contribution < -0.4 is 0 Å². The van der Waals surface area contributed by atoms with Gasteiger partial charge in [-0.15, -0.1) is 0 Å². The van der Waals surface area contributed by atoms with Gasteiger partial charge in [0.15, 0.2) is 0 Å². The molecule has 0 aliphatic heterocycles. The van der Waals surface area contributed by atoms with Crippen LogP contribution in [0.15, 0.2) is 24.3 Å². The lowest BCUT2D eigenvalue weighted by molar-refractivity contribution is -0.138. The fourth-order valence-electron chi connectivity index (χ4n) is 2.00. The Morgan fingerprint density at radius 1 is 1.22 bits per heavy atom. The van der Waals surface area contributed by atoms with Crippen molar-refractivity contribution in [3.63, 3.8) is 0 Å². The molecule has 0 aliphatic carbocycles. The number of hydrogen-bond acceptors (Lipinski definition) is 2. The van der Waals surface area contributed by atoms with Gasteiger partial charge < -0.3 is 10.2 Å². The van der Waals surface area contributed by atoms with Gasteiger partial charge in [0.2, 0.25) is 0 Å². The zero-order valence-corrected chi connectivity index (χ0v) is 11.3. The highest BCUT2D eigenvalue weighted by Gasteiger charge is 2.15. The van der Waals surface area contributed by atoms with E-state index >= 15 is 0 Å². The van der Waals surface area contributed by atoms with Crippen molar-refractivity contribution in [2.45, 2.75) is 45.6 Å². The zero-order chi connectivity index (χ0) is 13.7. The maximum Gasteiger partial charge on any atom is 0.310 e. The van der Waals surface area contributed by atoms with Gasteiger partial charge in [-0.25, -0.2) is 0 Å². The normalized spacial score (nSPS) is 16.0. The number of carboxylic acid groups (broad SMARTS) is 1. The SMILES string of the molecule is CCC(O)C(C)Cc1ccc(C(C)C(=O)O)cc1. The third-order valence-corrected chi connectivity index (χ3v) is 3.48. The molecule has 0 aromatic heterocycles. The van der Waals surface area contributed by atoms with Crippen LogP contribution in [0.25, 0.3) is 0 Å². The van der Waals surface area contributed by atoms with Crippen LogP contribution in [0.4, 0.5) is 0 Å². The molecule has 1 aromatic rings. The number of benzene rings is 1. The maximum atomic E-state index is 10.9. The van der Waals surface area contributed by atoms with E-state index in [-0.39, 0.29) is 12.0 Å². The lowest BCUT2D eigenvalue weighted by Gasteiger charge is -2.17.